The van der Waals surface area contributed by atoms with E-state index in [1.54, 1.807) is 0 Å². The first-order valence-electron chi connectivity index (χ1n) is 9.21. The monoisotopic (exact) mass is 435 g/mol. The molecule has 0 N–H and O–H groups in total. The molecule has 2 heteroatoms. The van der Waals surface area contributed by atoms with Crippen LogP contribution in [0.2, 0.25) is 0 Å². The predicted molar refractivity (Wildman–Crippen MR) is 111 cm³/mol. The molecular weight excluding hydrogens is 417 g/mol. The van der Waals surface area contributed by atoms with E-state index in [2.05, 4.69) is 66.8 Å². The molecule has 0 bridgehead atoms. The van der Waals surface area contributed by atoms with Crippen molar-refractivity contribution in [2.75, 3.05) is 0 Å². The number of hydrogen-bond donors (Lipinski definition) is 0. The second-order valence-electron chi connectivity index (χ2n) is 7.04. The number of benzene rings is 3. The molecule has 0 saturated heterocycles. The van der Waals surface area contributed by atoms with E-state index in [0.717, 1.165) is 28.3 Å². The number of hydrogen-bond acceptors (Lipinski definition) is 1. The Morgan fingerprint density at radius 3 is 2.61 bits per heavy atom. The van der Waals surface area contributed by atoms with E-state index in [-0.39, 0.29) is 38.5 Å². The summed E-state index contributed by atoms with van der Waals surface area (Å²) < 4.78 is 0. The topological polar surface area (TPSA) is 23.1 Å². The van der Waals surface area contributed by atoms with Crippen molar-refractivity contribution in [3.63, 3.8) is 0 Å². The fraction of sp³-hybridized carbons (Fsp3) is 0.0385. The molecule has 0 amide bonds. The van der Waals surface area contributed by atoms with Crippen molar-refractivity contribution < 1.29 is 37.8 Å². The Labute approximate surface area is 190 Å². The van der Waals surface area contributed by atoms with Gasteiger partial charge >= 0.3 is 0 Å². The molecule has 3 aromatic carbocycles. The minimum absolute atomic E-state index is 0. The van der Waals surface area contributed by atoms with Gasteiger partial charge in [-0.1, -0.05) is 89.7 Å². The van der Waals surface area contributed by atoms with Gasteiger partial charge in [0.15, 0.2) is 0 Å². The quantitative estimate of drug-likeness (QED) is 0.566. The van der Waals surface area contributed by atoms with Crippen LogP contribution in [0.25, 0.3) is 29.0 Å². The van der Waals surface area contributed by atoms with Crippen LogP contribution in [0.3, 0.4) is 0 Å². The Balaban J connectivity index is 0.00000192. The zero-order valence-electron chi connectivity index (χ0n) is 15.4. The van der Waals surface area contributed by atoms with Crippen LogP contribution in [0, 0.1) is 6.42 Å². The maximum atomic E-state index is 12.5. The molecule has 3 aromatic rings. The summed E-state index contributed by atoms with van der Waals surface area (Å²) in [5, 5.41) is 17.3. The van der Waals surface area contributed by atoms with Gasteiger partial charge in [-0.05, 0) is 28.0 Å². The normalized spacial score (nSPS) is 16.9. The van der Waals surface area contributed by atoms with Crippen LogP contribution in [0.15, 0.2) is 89.7 Å². The van der Waals surface area contributed by atoms with Gasteiger partial charge in [-0.3, -0.25) is 0 Å². The molecule has 1 radical (unpaired) electrons. The average Bonchev–Trinajstić information content (AvgIpc) is 2.72. The molecule has 133 valence electrons. The van der Waals surface area contributed by atoms with Crippen LogP contribution < -0.4 is 15.5 Å². The van der Waals surface area contributed by atoms with Crippen molar-refractivity contribution in [2.24, 2.45) is 0 Å². The molecule has 0 saturated carbocycles. The zero-order valence-corrected chi connectivity index (χ0v) is 18.3. The minimum Gasteiger partial charge on any atom is -0.906 e. The van der Waals surface area contributed by atoms with Gasteiger partial charge in [-0.2, -0.15) is 5.76 Å². The van der Waals surface area contributed by atoms with Gasteiger partial charge in [0.2, 0.25) is 0 Å². The molecule has 2 aliphatic carbocycles. The Bertz CT molecular complexity index is 1280. The molecular formula is C26H18OY-2. The van der Waals surface area contributed by atoms with Gasteiger partial charge in [-0.15, -0.1) is 29.7 Å². The van der Waals surface area contributed by atoms with E-state index in [1.807, 2.05) is 30.7 Å². The molecule has 0 unspecified atom stereocenters. The zero-order chi connectivity index (χ0) is 18.2. The van der Waals surface area contributed by atoms with Crippen molar-refractivity contribution in [3.05, 3.63) is 118 Å². The Hall–Kier alpha value is -2.35. The van der Waals surface area contributed by atoms with E-state index in [4.69, 9.17) is 0 Å². The molecule has 0 atom stereocenters. The summed E-state index contributed by atoms with van der Waals surface area (Å²) in [7, 11) is 0. The van der Waals surface area contributed by atoms with Gasteiger partial charge in [0.05, 0.1) is 0 Å². The van der Waals surface area contributed by atoms with E-state index in [1.165, 1.54) is 21.6 Å². The SMILES string of the molecule is [O-]C1=C(/C=c2\ccc3c(c2)CC=CC=3)[CH-]/C1=C/c1ccc2ccccc2c1.[Y]. The standard InChI is InChI=1S/C26H19O.Y/c27-26-24(15-18-9-11-20-5-1-3-7-22(20)13-18)17-25(26)16-19-10-12-21-6-2-4-8-23(21)14-19;/h1-7,9-17,27H,8H2;/q-1;/p-1/b19-16+,24-15-;. The third kappa shape index (κ3) is 3.65. The van der Waals surface area contributed by atoms with Gasteiger partial charge in [0.1, 0.15) is 0 Å². The van der Waals surface area contributed by atoms with Crippen LogP contribution in [0.4, 0.5) is 0 Å². The Morgan fingerprint density at radius 2 is 1.75 bits per heavy atom. The summed E-state index contributed by atoms with van der Waals surface area (Å²) in [6.45, 7) is 0. The van der Waals surface area contributed by atoms with Crippen molar-refractivity contribution >= 4 is 29.0 Å². The fourth-order valence-electron chi connectivity index (χ4n) is 3.68. The molecule has 1 nitrogen and oxygen atoms in total. The van der Waals surface area contributed by atoms with Crippen molar-refractivity contribution in [2.45, 2.75) is 6.42 Å². The van der Waals surface area contributed by atoms with E-state index < -0.39 is 0 Å². The van der Waals surface area contributed by atoms with Gasteiger partial charge in [0.25, 0.3) is 0 Å². The maximum Gasteiger partial charge on any atom is 0 e. The van der Waals surface area contributed by atoms with Gasteiger partial charge in [-0.25, -0.2) is 0 Å². The smallest absolute Gasteiger partial charge is 0 e. The number of allylic oxidation sites excluding steroid dienone is 4. The molecule has 0 aromatic heterocycles. The van der Waals surface area contributed by atoms with E-state index in [9.17, 15) is 5.11 Å². The van der Waals surface area contributed by atoms with Crippen LogP contribution in [0.5, 0.6) is 0 Å². The largest absolute Gasteiger partial charge is 0.906 e. The first kappa shape index (κ1) is 19.0. The Kier molecular flexibility index (Phi) is 5.39. The number of rotatable bonds is 2. The third-order valence-electron chi connectivity index (χ3n) is 5.17. The van der Waals surface area contributed by atoms with Crippen molar-refractivity contribution in [1.82, 2.24) is 0 Å². The second-order valence-corrected chi connectivity index (χ2v) is 7.04. The van der Waals surface area contributed by atoms with Gasteiger partial charge < -0.3 is 5.11 Å². The van der Waals surface area contributed by atoms with Crippen LogP contribution in [0.1, 0.15) is 11.1 Å². The summed E-state index contributed by atoms with van der Waals surface area (Å²) in [5.41, 5.74) is 3.91. The van der Waals surface area contributed by atoms with Crippen LogP contribution in [-0.2, 0) is 39.1 Å². The van der Waals surface area contributed by atoms with Gasteiger partial charge in [0, 0.05) is 32.7 Å². The molecule has 2 aliphatic rings. The van der Waals surface area contributed by atoms with Crippen molar-refractivity contribution in [1.29, 1.82) is 0 Å². The molecule has 5 rings (SSSR count). The van der Waals surface area contributed by atoms with E-state index >= 15 is 0 Å². The number of fused-ring (bicyclic) bond motifs is 2. The molecule has 0 heterocycles. The predicted octanol–water partition coefficient (Wildman–Crippen LogP) is 3.43. The minimum atomic E-state index is 0. The summed E-state index contributed by atoms with van der Waals surface area (Å²) in [6.07, 6.45) is 13.3. The molecule has 0 fully saturated rings. The maximum absolute atomic E-state index is 12.5. The summed E-state index contributed by atoms with van der Waals surface area (Å²) in [6, 6.07) is 20.9. The fourth-order valence-corrected chi connectivity index (χ4v) is 3.68. The van der Waals surface area contributed by atoms with E-state index in [0.29, 0.717) is 0 Å². The average molecular weight is 435 g/mol. The first-order chi connectivity index (χ1) is 13.3. The van der Waals surface area contributed by atoms with Crippen molar-refractivity contribution in [3.8, 4) is 0 Å². The summed E-state index contributed by atoms with van der Waals surface area (Å²) in [4.78, 5) is 0. The molecule has 0 aliphatic heterocycles. The first-order valence-corrected chi connectivity index (χ1v) is 9.21. The second kappa shape index (κ2) is 7.95. The molecule has 28 heavy (non-hydrogen) atoms. The van der Waals surface area contributed by atoms with Crippen LogP contribution >= 0.6 is 0 Å². The summed E-state index contributed by atoms with van der Waals surface area (Å²) in [5.74, 6) is 0.118. The summed E-state index contributed by atoms with van der Waals surface area (Å²) >= 11 is 0. The van der Waals surface area contributed by atoms with Crippen LogP contribution in [-0.4, -0.2) is 0 Å². The Morgan fingerprint density at radius 1 is 0.893 bits per heavy atom. The molecule has 0 spiro atoms. The third-order valence-corrected chi connectivity index (χ3v) is 5.17.